The minimum Gasteiger partial charge on any atom is -0.271 e. The Kier molecular flexibility index (Phi) is 3.57. The molecule has 0 bridgehead atoms. The van der Waals surface area contributed by atoms with Gasteiger partial charge in [-0.05, 0) is 30.9 Å². The zero-order valence-electron chi connectivity index (χ0n) is 8.62. The van der Waals surface area contributed by atoms with Gasteiger partial charge in [0.15, 0.2) is 0 Å². The third-order valence-electron chi connectivity index (χ3n) is 2.88. The summed E-state index contributed by atoms with van der Waals surface area (Å²) in [6.45, 7) is 0. The molecule has 3 N–H and O–H groups in total. The Balaban J connectivity index is 2.00. The van der Waals surface area contributed by atoms with Crippen molar-refractivity contribution in [3.05, 3.63) is 29.0 Å². The van der Waals surface area contributed by atoms with Crippen LogP contribution < -0.4 is 11.3 Å². The Bertz CT molecular complexity index is 325. The van der Waals surface area contributed by atoms with Gasteiger partial charge in [0.2, 0.25) is 0 Å². The number of pyridine rings is 1. The summed E-state index contributed by atoms with van der Waals surface area (Å²) in [5, 5.41) is 0.691. The standard InChI is InChI=1S/C11H16ClN3/c12-9-2-1-7-14-11(9)10(15-13)6-5-8-3-4-8/h1-2,7-8,10,15H,3-6,13H2. The number of hydrazine groups is 1. The molecule has 0 radical (unpaired) electrons. The van der Waals surface area contributed by atoms with E-state index in [9.17, 15) is 0 Å². The molecule has 15 heavy (non-hydrogen) atoms. The molecule has 0 aliphatic heterocycles. The van der Waals surface area contributed by atoms with Crippen LogP contribution >= 0.6 is 11.6 Å². The predicted molar refractivity (Wildman–Crippen MR) is 61.3 cm³/mol. The first-order valence-electron chi connectivity index (χ1n) is 5.38. The number of nitrogens with two attached hydrogens (primary N) is 1. The van der Waals surface area contributed by atoms with Crippen molar-refractivity contribution in [1.82, 2.24) is 10.4 Å². The maximum atomic E-state index is 6.07. The molecule has 0 aromatic carbocycles. The topological polar surface area (TPSA) is 50.9 Å². The van der Waals surface area contributed by atoms with Crippen molar-refractivity contribution in [1.29, 1.82) is 0 Å². The number of hydrogen-bond donors (Lipinski definition) is 2. The minimum atomic E-state index is 0.0827. The fourth-order valence-electron chi connectivity index (χ4n) is 1.76. The van der Waals surface area contributed by atoms with Gasteiger partial charge in [0.25, 0.3) is 0 Å². The molecule has 1 aliphatic carbocycles. The van der Waals surface area contributed by atoms with E-state index in [4.69, 9.17) is 17.4 Å². The van der Waals surface area contributed by atoms with Crippen molar-refractivity contribution in [3.63, 3.8) is 0 Å². The van der Waals surface area contributed by atoms with Gasteiger partial charge in [0.05, 0.1) is 16.8 Å². The van der Waals surface area contributed by atoms with Gasteiger partial charge in [0.1, 0.15) is 0 Å². The maximum absolute atomic E-state index is 6.07. The smallest absolute Gasteiger partial charge is 0.0772 e. The highest BCUT2D eigenvalue weighted by Crippen LogP contribution is 2.36. The van der Waals surface area contributed by atoms with Crippen LogP contribution in [0.2, 0.25) is 5.02 Å². The largest absolute Gasteiger partial charge is 0.271 e. The molecule has 1 atom stereocenters. The molecule has 0 spiro atoms. The highest BCUT2D eigenvalue weighted by molar-refractivity contribution is 6.31. The molecule has 0 saturated heterocycles. The first-order valence-corrected chi connectivity index (χ1v) is 5.75. The Labute approximate surface area is 95.0 Å². The average molecular weight is 226 g/mol. The van der Waals surface area contributed by atoms with Crippen LogP contribution in [0.25, 0.3) is 0 Å². The zero-order chi connectivity index (χ0) is 10.7. The van der Waals surface area contributed by atoms with Crippen LogP contribution in [0.3, 0.4) is 0 Å². The lowest BCUT2D eigenvalue weighted by molar-refractivity contribution is 0.472. The Hall–Kier alpha value is -0.640. The first-order chi connectivity index (χ1) is 7.31. The SMILES string of the molecule is NNC(CCC1CC1)c1ncccc1Cl. The molecule has 2 rings (SSSR count). The summed E-state index contributed by atoms with van der Waals surface area (Å²) in [7, 11) is 0. The summed E-state index contributed by atoms with van der Waals surface area (Å²) in [4.78, 5) is 4.27. The highest BCUT2D eigenvalue weighted by atomic mass is 35.5. The van der Waals surface area contributed by atoms with Crippen LogP contribution in [0.1, 0.15) is 37.4 Å². The second-order valence-corrected chi connectivity index (χ2v) is 4.52. The van der Waals surface area contributed by atoms with Crippen LogP contribution in [0.15, 0.2) is 18.3 Å². The molecule has 1 aliphatic rings. The van der Waals surface area contributed by atoms with Crippen molar-refractivity contribution in [3.8, 4) is 0 Å². The fraction of sp³-hybridized carbons (Fsp3) is 0.545. The average Bonchev–Trinajstić information content (AvgIpc) is 3.05. The van der Waals surface area contributed by atoms with Crippen LogP contribution in [0, 0.1) is 5.92 Å². The number of halogens is 1. The molecule has 82 valence electrons. The van der Waals surface area contributed by atoms with Gasteiger partial charge < -0.3 is 0 Å². The van der Waals surface area contributed by atoms with Gasteiger partial charge in [-0.3, -0.25) is 16.3 Å². The molecular formula is C11H16ClN3. The maximum Gasteiger partial charge on any atom is 0.0772 e. The molecule has 1 aromatic heterocycles. The zero-order valence-corrected chi connectivity index (χ0v) is 9.37. The summed E-state index contributed by atoms with van der Waals surface area (Å²) in [6, 6.07) is 3.77. The second kappa shape index (κ2) is 4.92. The quantitative estimate of drug-likeness (QED) is 0.598. The van der Waals surface area contributed by atoms with Crippen molar-refractivity contribution in [2.45, 2.75) is 31.7 Å². The van der Waals surface area contributed by atoms with Crippen molar-refractivity contribution in [2.75, 3.05) is 0 Å². The van der Waals surface area contributed by atoms with Gasteiger partial charge in [-0.15, -0.1) is 0 Å². The van der Waals surface area contributed by atoms with Crippen LogP contribution in [0.4, 0.5) is 0 Å². The predicted octanol–water partition coefficient (Wildman–Crippen LogP) is 2.43. The summed E-state index contributed by atoms with van der Waals surface area (Å²) in [6.07, 6.45) is 6.71. The van der Waals surface area contributed by atoms with E-state index in [1.165, 1.54) is 19.3 Å². The van der Waals surface area contributed by atoms with E-state index in [2.05, 4.69) is 10.4 Å². The number of aromatic nitrogens is 1. The minimum absolute atomic E-state index is 0.0827. The van der Waals surface area contributed by atoms with Gasteiger partial charge in [-0.1, -0.05) is 24.4 Å². The summed E-state index contributed by atoms with van der Waals surface area (Å²) >= 11 is 6.07. The molecule has 0 amide bonds. The molecule has 4 heteroatoms. The Morgan fingerprint density at radius 1 is 1.60 bits per heavy atom. The first kappa shape index (κ1) is 10.9. The van der Waals surface area contributed by atoms with Gasteiger partial charge in [0, 0.05) is 6.20 Å². The second-order valence-electron chi connectivity index (χ2n) is 4.11. The van der Waals surface area contributed by atoms with E-state index in [-0.39, 0.29) is 6.04 Å². The van der Waals surface area contributed by atoms with E-state index in [0.29, 0.717) is 5.02 Å². The fourth-order valence-corrected chi connectivity index (χ4v) is 2.02. The lowest BCUT2D eigenvalue weighted by atomic mass is 10.1. The number of nitrogens with zero attached hydrogens (tertiary/aromatic N) is 1. The lowest BCUT2D eigenvalue weighted by Gasteiger charge is -2.15. The molecule has 1 heterocycles. The summed E-state index contributed by atoms with van der Waals surface area (Å²) in [5.74, 6) is 6.44. The van der Waals surface area contributed by atoms with Crippen LogP contribution in [-0.2, 0) is 0 Å². The van der Waals surface area contributed by atoms with Crippen LogP contribution in [-0.4, -0.2) is 4.98 Å². The van der Waals surface area contributed by atoms with Crippen LogP contribution in [0.5, 0.6) is 0 Å². The van der Waals surface area contributed by atoms with Crippen molar-refractivity contribution in [2.24, 2.45) is 11.8 Å². The van der Waals surface area contributed by atoms with Gasteiger partial charge in [-0.2, -0.15) is 0 Å². The molecule has 1 unspecified atom stereocenters. The van der Waals surface area contributed by atoms with E-state index < -0.39 is 0 Å². The summed E-state index contributed by atoms with van der Waals surface area (Å²) in [5.41, 5.74) is 3.66. The molecule has 1 aromatic rings. The number of hydrogen-bond acceptors (Lipinski definition) is 3. The molecule has 1 saturated carbocycles. The third-order valence-corrected chi connectivity index (χ3v) is 3.20. The van der Waals surface area contributed by atoms with E-state index in [1.807, 2.05) is 12.1 Å². The number of rotatable bonds is 5. The highest BCUT2D eigenvalue weighted by Gasteiger charge is 2.23. The third kappa shape index (κ3) is 2.91. The summed E-state index contributed by atoms with van der Waals surface area (Å²) < 4.78 is 0. The normalized spacial score (nSPS) is 17.7. The van der Waals surface area contributed by atoms with E-state index in [1.54, 1.807) is 6.20 Å². The molecule has 1 fully saturated rings. The number of nitrogens with one attached hydrogen (secondary N) is 1. The van der Waals surface area contributed by atoms with Gasteiger partial charge >= 0.3 is 0 Å². The lowest BCUT2D eigenvalue weighted by Crippen LogP contribution is -2.29. The molecular weight excluding hydrogens is 210 g/mol. The van der Waals surface area contributed by atoms with E-state index in [0.717, 1.165) is 18.0 Å². The monoisotopic (exact) mass is 225 g/mol. The Morgan fingerprint density at radius 2 is 2.40 bits per heavy atom. The van der Waals surface area contributed by atoms with Crippen molar-refractivity contribution < 1.29 is 0 Å². The van der Waals surface area contributed by atoms with E-state index >= 15 is 0 Å². The molecule has 3 nitrogen and oxygen atoms in total. The Morgan fingerprint density at radius 3 is 3.00 bits per heavy atom. The van der Waals surface area contributed by atoms with Crippen molar-refractivity contribution >= 4 is 11.6 Å². The van der Waals surface area contributed by atoms with Gasteiger partial charge in [-0.25, -0.2) is 0 Å².